The highest BCUT2D eigenvalue weighted by Gasteiger charge is 2.18. The Hall–Kier alpha value is -4.12. The van der Waals surface area contributed by atoms with Crippen molar-refractivity contribution in [1.29, 1.82) is 0 Å². The molecule has 4 aromatic carbocycles. The predicted octanol–water partition coefficient (Wildman–Crippen LogP) is 5.57. The van der Waals surface area contributed by atoms with Crippen molar-refractivity contribution in [3.63, 3.8) is 0 Å². The molecule has 4 aromatic rings. The number of carbonyl (C=O) groups is 1. The van der Waals surface area contributed by atoms with E-state index in [1.807, 2.05) is 78.9 Å². The van der Waals surface area contributed by atoms with Crippen molar-refractivity contribution in [3.05, 3.63) is 102 Å². The van der Waals surface area contributed by atoms with Crippen LogP contribution in [0.3, 0.4) is 0 Å². The first-order chi connectivity index (χ1) is 15.7. The molecule has 0 saturated carbocycles. The fraction of sp³-hybridized carbons (Fsp3) is 0.111. The van der Waals surface area contributed by atoms with Gasteiger partial charge in [-0.05, 0) is 35.0 Å². The SMILES string of the molecule is COC(=O)c1cc2cc3c(cc2cc1N=C(c1ccccc1)c1ccccc1)OCCO3. The van der Waals surface area contributed by atoms with E-state index in [0.29, 0.717) is 36.0 Å². The maximum atomic E-state index is 12.7. The summed E-state index contributed by atoms with van der Waals surface area (Å²) in [6, 6.07) is 27.3. The largest absolute Gasteiger partial charge is 0.486 e. The topological polar surface area (TPSA) is 57.1 Å². The third-order valence-corrected chi connectivity index (χ3v) is 5.35. The Labute approximate surface area is 185 Å². The van der Waals surface area contributed by atoms with Gasteiger partial charge < -0.3 is 14.2 Å². The summed E-state index contributed by atoms with van der Waals surface area (Å²) in [7, 11) is 1.37. The number of ether oxygens (including phenoxy) is 3. The summed E-state index contributed by atoms with van der Waals surface area (Å²) in [5, 5.41) is 1.76. The molecule has 0 fully saturated rings. The second-order valence-electron chi connectivity index (χ2n) is 7.40. The van der Waals surface area contributed by atoms with Crippen molar-refractivity contribution < 1.29 is 19.0 Å². The van der Waals surface area contributed by atoms with Gasteiger partial charge in [-0.2, -0.15) is 0 Å². The Bertz CT molecular complexity index is 1270. The average Bonchev–Trinajstić information content (AvgIpc) is 2.86. The molecule has 0 radical (unpaired) electrons. The number of rotatable bonds is 4. The van der Waals surface area contributed by atoms with E-state index in [1.165, 1.54) is 7.11 Å². The summed E-state index contributed by atoms with van der Waals surface area (Å²) in [5.74, 6) is 0.918. The van der Waals surface area contributed by atoms with Crippen LogP contribution >= 0.6 is 0 Å². The van der Waals surface area contributed by atoms with Gasteiger partial charge in [-0.3, -0.25) is 0 Å². The highest BCUT2D eigenvalue weighted by atomic mass is 16.6. The summed E-state index contributed by atoms with van der Waals surface area (Å²) in [4.78, 5) is 17.6. The lowest BCUT2D eigenvalue weighted by molar-refractivity contribution is 0.0602. The molecule has 0 unspecified atom stereocenters. The molecule has 1 aliphatic heterocycles. The predicted molar refractivity (Wildman–Crippen MR) is 124 cm³/mol. The molecule has 0 aromatic heterocycles. The fourth-order valence-corrected chi connectivity index (χ4v) is 3.80. The van der Waals surface area contributed by atoms with E-state index >= 15 is 0 Å². The van der Waals surface area contributed by atoms with Gasteiger partial charge >= 0.3 is 5.97 Å². The van der Waals surface area contributed by atoms with Gasteiger partial charge in [-0.1, -0.05) is 60.7 Å². The Kier molecular flexibility index (Phi) is 5.30. The van der Waals surface area contributed by atoms with Gasteiger partial charge in [0.1, 0.15) is 13.2 Å². The Morgan fingerprint density at radius 2 is 1.31 bits per heavy atom. The third kappa shape index (κ3) is 3.81. The molecule has 0 spiro atoms. The van der Waals surface area contributed by atoms with Crippen LogP contribution in [-0.4, -0.2) is 32.0 Å². The number of esters is 1. The zero-order valence-corrected chi connectivity index (χ0v) is 17.6. The average molecular weight is 423 g/mol. The molecule has 0 amide bonds. The fourth-order valence-electron chi connectivity index (χ4n) is 3.80. The van der Waals surface area contributed by atoms with Gasteiger partial charge in [-0.15, -0.1) is 0 Å². The van der Waals surface area contributed by atoms with Crippen LogP contribution in [0.1, 0.15) is 21.5 Å². The number of nitrogens with zero attached hydrogens (tertiary/aromatic N) is 1. The number of carbonyl (C=O) groups excluding carboxylic acids is 1. The lowest BCUT2D eigenvalue weighted by Gasteiger charge is -2.19. The molecule has 1 aliphatic rings. The molecular weight excluding hydrogens is 402 g/mol. The van der Waals surface area contributed by atoms with Crippen molar-refractivity contribution in [2.45, 2.75) is 0 Å². The summed E-state index contributed by atoms with van der Waals surface area (Å²) in [6.07, 6.45) is 0. The van der Waals surface area contributed by atoms with E-state index in [4.69, 9.17) is 19.2 Å². The van der Waals surface area contributed by atoms with Gasteiger partial charge in [0.05, 0.1) is 24.1 Å². The van der Waals surface area contributed by atoms with E-state index in [1.54, 1.807) is 6.07 Å². The molecule has 5 nitrogen and oxygen atoms in total. The van der Waals surface area contributed by atoms with Crippen molar-refractivity contribution in [2.24, 2.45) is 4.99 Å². The Balaban J connectivity index is 1.74. The quantitative estimate of drug-likeness (QED) is 0.318. The molecule has 5 heteroatoms. The van der Waals surface area contributed by atoms with Crippen LogP contribution in [0.4, 0.5) is 5.69 Å². The number of fused-ring (bicyclic) bond motifs is 2. The minimum Gasteiger partial charge on any atom is -0.486 e. The molecule has 0 aliphatic carbocycles. The second-order valence-corrected chi connectivity index (χ2v) is 7.40. The molecule has 0 bridgehead atoms. The minimum atomic E-state index is -0.444. The minimum absolute atomic E-state index is 0.390. The van der Waals surface area contributed by atoms with Crippen molar-refractivity contribution in [1.82, 2.24) is 0 Å². The smallest absolute Gasteiger partial charge is 0.340 e. The first kappa shape index (κ1) is 19.8. The van der Waals surface area contributed by atoms with E-state index in [9.17, 15) is 4.79 Å². The maximum absolute atomic E-state index is 12.7. The third-order valence-electron chi connectivity index (χ3n) is 5.35. The summed E-state index contributed by atoms with van der Waals surface area (Å²) >= 11 is 0. The van der Waals surface area contributed by atoms with Crippen LogP contribution in [0.25, 0.3) is 10.8 Å². The van der Waals surface area contributed by atoms with Crippen molar-refractivity contribution >= 4 is 28.1 Å². The molecule has 32 heavy (non-hydrogen) atoms. The van der Waals surface area contributed by atoms with Crippen LogP contribution in [0, 0.1) is 0 Å². The van der Waals surface area contributed by atoms with Crippen LogP contribution in [-0.2, 0) is 4.74 Å². The molecule has 0 saturated heterocycles. The number of hydrogen-bond donors (Lipinski definition) is 0. The molecule has 158 valence electrons. The highest BCUT2D eigenvalue weighted by molar-refractivity contribution is 6.15. The monoisotopic (exact) mass is 423 g/mol. The highest BCUT2D eigenvalue weighted by Crippen LogP contribution is 2.37. The molecule has 5 rings (SSSR count). The zero-order valence-electron chi connectivity index (χ0n) is 17.6. The van der Waals surface area contributed by atoms with E-state index < -0.39 is 5.97 Å². The van der Waals surface area contributed by atoms with Crippen molar-refractivity contribution in [3.8, 4) is 11.5 Å². The first-order valence-electron chi connectivity index (χ1n) is 10.4. The standard InChI is InChI=1S/C27H21NO4/c1-30-27(29)22-14-20-16-24-25(32-13-12-31-24)17-21(20)15-23(22)28-26(18-8-4-2-5-9-18)19-10-6-3-7-11-19/h2-11,14-17H,12-13H2,1H3. The van der Waals surface area contributed by atoms with E-state index in [2.05, 4.69) is 0 Å². The van der Waals surface area contributed by atoms with Crippen LogP contribution < -0.4 is 9.47 Å². The number of aliphatic imine (C=N–C) groups is 1. The van der Waals surface area contributed by atoms with E-state index in [-0.39, 0.29) is 0 Å². The number of methoxy groups -OCH3 is 1. The Morgan fingerprint density at radius 1 is 0.781 bits per heavy atom. The number of hydrogen-bond acceptors (Lipinski definition) is 5. The van der Waals surface area contributed by atoms with Crippen LogP contribution in [0.5, 0.6) is 11.5 Å². The van der Waals surface area contributed by atoms with E-state index in [0.717, 1.165) is 27.6 Å². The summed E-state index contributed by atoms with van der Waals surface area (Å²) < 4.78 is 16.5. The molecular formula is C27H21NO4. The van der Waals surface area contributed by atoms with Gasteiger partial charge in [-0.25, -0.2) is 9.79 Å². The first-order valence-corrected chi connectivity index (χ1v) is 10.4. The normalized spacial score (nSPS) is 12.3. The molecule has 1 heterocycles. The lowest BCUT2D eigenvalue weighted by Crippen LogP contribution is -2.15. The van der Waals surface area contributed by atoms with Gasteiger partial charge in [0.25, 0.3) is 0 Å². The van der Waals surface area contributed by atoms with Crippen LogP contribution in [0.15, 0.2) is 89.9 Å². The maximum Gasteiger partial charge on any atom is 0.340 e. The molecule has 0 atom stereocenters. The second kappa shape index (κ2) is 8.55. The number of benzene rings is 4. The summed E-state index contributed by atoms with van der Waals surface area (Å²) in [6.45, 7) is 1.01. The van der Waals surface area contributed by atoms with Crippen LogP contribution in [0.2, 0.25) is 0 Å². The van der Waals surface area contributed by atoms with Gasteiger partial charge in [0.2, 0.25) is 0 Å². The van der Waals surface area contributed by atoms with Crippen molar-refractivity contribution in [2.75, 3.05) is 20.3 Å². The van der Waals surface area contributed by atoms with Gasteiger partial charge in [0.15, 0.2) is 11.5 Å². The van der Waals surface area contributed by atoms with Gasteiger partial charge in [0, 0.05) is 11.1 Å². The zero-order chi connectivity index (χ0) is 21.9. The molecule has 0 N–H and O–H groups in total. The lowest BCUT2D eigenvalue weighted by atomic mass is 10.0. The summed E-state index contributed by atoms with van der Waals surface area (Å²) in [5.41, 5.74) is 3.60. The Morgan fingerprint density at radius 3 is 1.84 bits per heavy atom.